The molecule has 3 rings (SSSR count). The average molecular weight is 413 g/mol. The molecule has 0 fully saturated rings. The highest BCUT2D eigenvalue weighted by Gasteiger charge is 2.25. The lowest BCUT2D eigenvalue weighted by atomic mass is 9.96. The maximum absolute atomic E-state index is 13.2. The van der Waals surface area contributed by atoms with E-state index in [-0.39, 0.29) is 16.8 Å². The van der Waals surface area contributed by atoms with Gasteiger partial charge in [-0.1, -0.05) is 23.7 Å². The van der Waals surface area contributed by atoms with Gasteiger partial charge in [-0.2, -0.15) is 0 Å². The standard InChI is InChI=1S/C21H17ClN2O5/c1-3-23-12(2)17(13-6-10-16(11-7-13)24(28)29)20(25)18(21(26)27)19(23)14-4-8-15(22)9-5-14/h4-11H,3H2,1-2H3,(H,26,27). The Morgan fingerprint density at radius 2 is 1.66 bits per heavy atom. The van der Waals surface area contributed by atoms with Gasteiger partial charge >= 0.3 is 5.97 Å². The minimum atomic E-state index is -1.34. The molecule has 1 aromatic heterocycles. The molecule has 0 radical (unpaired) electrons. The van der Waals surface area contributed by atoms with E-state index in [0.29, 0.717) is 34.1 Å². The first kappa shape index (κ1) is 20.3. The number of aromatic carboxylic acids is 1. The predicted molar refractivity (Wildman–Crippen MR) is 111 cm³/mol. The second-order valence-electron chi connectivity index (χ2n) is 6.37. The predicted octanol–water partition coefficient (Wildman–Crippen LogP) is 4.77. The number of hydrogen-bond donors (Lipinski definition) is 1. The maximum atomic E-state index is 13.2. The van der Waals surface area contributed by atoms with E-state index < -0.39 is 16.3 Å². The van der Waals surface area contributed by atoms with Crippen LogP contribution in [-0.2, 0) is 6.54 Å². The Kier molecular flexibility index (Phi) is 5.52. The molecule has 0 aliphatic rings. The fourth-order valence-corrected chi connectivity index (χ4v) is 3.55. The van der Waals surface area contributed by atoms with E-state index in [1.54, 1.807) is 35.8 Å². The first-order chi connectivity index (χ1) is 13.8. The first-order valence-electron chi connectivity index (χ1n) is 8.77. The van der Waals surface area contributed by atoms with Crippen LogP contribution in [-0.4, -0.2) is 20.6 Å². The minimum Gasteiger partial charge on any atom is -0.477 e. The molecule has 0 unspecified atom stereocenters. The molecule has 0 atom stereocenters. The second kappa shape index (κ2) is 7.89. The SMILES string of the molecule is CCn1c(C)c(-c2ccc([N+](=O)[O-])cc2)c(=O)c(C(=O)O)c1-c1ccc(Cl)cc1. The van der Waals surface area contributed by atoms with Gasteiger partial charge in [0.15, 0.2) is 0 Å². The Bertz CT molecular complexity index is 1170. The molecule has 0 saturated heterocycles. The van der Waals surface area contributed by atoms with Crippen LogP contribution in [0.1, 0.15) is 23.0 Å². The van der Waals surface area contributed by atoms with Gasteiger partial charge in [-0.25, -0.2) is 4.79 Å². The molecule has 0 spiro atoms. The molecule has 0 aliphatic carbocycles. The Morgan fingerprint density at radius 1 is 1.10 bits per heavy atom. The highest BCUT2D eigenvalue weighted by atomic mass is 35.5. The van der Waals surface area contributed by atoms with E-state index in [4.69, 9.17) is 11.6 Å². The number of nitro benzene ring substituents is 1. The van der Waals surface area contributed by atoms with Gasteiger partial charge in [-0.15, -0.1) is 0 Å². The van der Waals surface area contributed by atoms with Gasteiger partial charge in [-0.05, 0) is 49.2 Å². The Labute approximate surface area is 171 Å². The van der Waals surface area contributed by atoms with Crippen molar-refractivity contribution in [2.24, 2.45) is 0 Å². The third-order valence-corrected chi connectivity index (χ3v) is 4.99. The number of non-ortho nitro benzene ring substituents is 1. The van der Waals surface area contributed by atoms with Crippen LogP contribution < -0.4 is 5.43 Å². The molecule has 0 bridgehead atoms. The van der Waals surface area contributed by atoms with Crippen LogP contribution in [0.25, 0.3) is 22.4 Å². The summed E-state index contributed by atoms with van der Waals surface area (Å²) >= 11 is 5.95. The third-order valence-electron chi connectivity index (χ3n) is 4.74. The largest absolute Gasteiger partial charge is 0.477 e. The molecule has 0 saturated carbocycles. The zero-order chi connectivity index (χ0) is 21.3. The van der Waals surface area contributed by atoms with E-state index in [2.05, 4.69) is 0 Å². The van der Waals surface area contributed by atoms with Crippen molar-refractivity contribution in [3.05, 3.63) is 85.1 Å². The lowest BCUT2D eigenvalue weighted by Crippen LogP contribution is -2.25. The van der Waals surface area contributed by atoms with Crippen LogP contribution in [0.15, 0.2) is 53.3 Å². The van der Waals surface area contributed by atoms with E-state index in [1.165, 1.54) is 24.3 Å². The molecule has 1 N–H and O–H groups in total. The van der Waals surface area contributed by atoms with E-state index in [0.717, 1.165) is 0 Å². The van der Waals surface area contributed by atoms with Crippen LogP contribution in [0.4, 0.5) is 5.69 Å². The van der Waals surface area contributed by atoms with Crippen LogP contribution in [0, 0.1) is 17.0 Å². The van der Waals surface area contributed by atoms with E-state index in [1.807, 2.05) is 6.92 Å². The van der Waals surface area contributed by atoms with Crippen molar-refractivity contribution in [1.82, 2.24) is 4.57 Å². The summed E-state index contributed by atoms with van der Waals surface area (Å²) < 4.78 is 1.75. The Hall–Kier alpha value is -3.45. The number of nitro groups is 1. The lowest BCUT2D eigenvalue weighted by Gasteiger charge is -2.21. The van der Waals surface area contributed by atoms with Crippen LogP contribution in [0.3, 0.4) is 0 Å². The smallest absolute Gasteiger partial charge is 0.341 e. The van der Waals surface area contributed by atoms with Crippen molar-refractivity contribution < 1.29 is 14.8 Å². The second-order valence-corrected chi connectivity index (χ2v) is 6.81. The molecule has 8 heteroatoms. The van der Waals surface area contributed by atoms with Gasteiger partial charge in [0.2, 0.25) is 5.43 Å². The van der Waals surface area contributed by atoms with Crippen molar-refractivity contribution in [2.45, 2.75) is 20.4 Å². The Morgan fingerprint density at radius 3 is 2.14 bits per heavy atom. The number of nitrogens with zero attached hydrogens (tertiary/aromatic N) is 2. The molecular formula is C21H17ClN2O5. The van der Waals surface area contributed by atoms with Gasteiger partial charge in [0.25, 0.3) is 5.69 Å². The molecule has 0 amide bonds. The number of rotatable bonds is 5. The molecule has 3 aromatic rings. The quantitative estimate of drug-likeness (QED) is 0.480. The number of carboxylic acid groups (broad SMARTS) is 1. The van der Waals surface area contributed by atoms with Crippen molar-refractivity contribution >= 4 is 23.3 Å². The van der Waals surface area contributed by atoms with Gasteiger partial charge in [0, 0.05) is 35.0 Å². The van der Waals surface area contributed by atoms with Crippen molar-refractivity contribution in [3.63, 3.8) is 0 Å². The van der Waals surface area contributed by atoms with Gasteiger partial charge < -0.3 is 9.67 Å². The fourth-order valence-electron chi connectivity index (χ4n) is 3.43. The first-order valence-corrected chi connectivity index (χ1v) is 9.15. The summed E-state index contributed by atoms with van der Waals surface area (Å²) in [7, 11) is 0. The fraction of sp³-hybridized carbons (Fsp3) is 0.143. The highest BCUT2D eigenvalue weighted by Crippen LogP contribution is 2.30. The minimum absolute atomic E-state index is 0.113. The molecular weight excluding hydrogens is 396 g/mol. The number of aromatic nitrogens is 1. The van der Waals surface area contributed by atoms with Crippen LogP contribution >= 0.6 is 11.6 Å². The maximum Gasteiger partial charge on any atom is 0.341 e. The molecule has 0 aliphatic heterocycles. The van der Waals surface area contributed by atoms with Crippen molar-refractivity contribution in [3.8, 4) is 22.4 Å². The van der Waals surface area contributed by atoms with Crippen molar-refractivity contribution in [1.29, 1.82) is 0 Å². The summed E-state index contributed by atoms with van der Waals surface area (Å²) in [4.78, 5) is 35.7. The summed E-state index contributed by atoms with van der Waals surface area (Å²) in [5.74, 6) is -1.34. The number of hydrogen-bond acceptors (Lipinski definition) is 4. The zero-order valence-corrected chi connectivity index (χ0v) is 16.4. The number of carboxylic acids is 1. The van der Waals surface area contributed by atoms with E-state index in [9.17, 15) is 24.8 Å². The molecule has 7 nitrogen and oxygen atoms in total. The Balaban J connectivity index is 2.37. The van der Waals surface area contributed by atoms with Gasteiger partial charge in [-0.3, -0.25) is 14.9 Å². The average Bonchev–Trinajstić information content (AvgIpc) is 2.68. The van der Waals surface area contributed by atoms with Gasteiger partial charge in [0.05, 0.1) is 10.6 Å². The number of halogens is 1. The van der Waals surface area contributed by atoms with Crippen LogP contribution in [0.2, 0.25) is 5.02 Å². The lowest BCUT2D eigenvalue weighted by molar-refractivity contribution is -0.384. The van der Waals surface area contributed by atoms with E-state index >= 15 is 0 Å². The molecule has 1 heterocycles. The topological polar surface area (TPSA) is 102 Å². The monoisotopic (exact) mass is 412 g/mol. The summed E-state index contributed by atoms with van der Waals surface area (Å²) in [6.07, 6.45) is 0. The van der Waals surface area contributed by atoms with Gasteiger partial charge in [0.1, 0.15) is 5.56 Å². The molecule has 29 heavy (non-hydrogen) atoms. The summed E-state index contributed by atoms with van der Waals surface area (Å²) in [6.45, 7) is 4.00. The number of pyridine rings is 1. The number of benzene rings is 2. The highest BCUT2D eigenvalue weighted by molar-refractivity contribution is 6.30. The van der Waals surface area contributed by atoms with Crippen LogP contribution in [0.5, 0.6) is 0 Å². The molecule has 2 aromatic carbocycles. The summed E-state index contributed by atoms with van der Waals surface area (Å²) in [6, 6.07) is 12.1. The zero-order valence-electron chi connectivity index (χ0n) is 15.7. The summed E-state index contributed by atoms with van der Waals surface area (Å²) in [5.41, 5.74) is 0.947. The number of carbonyl (C=O) groups is 1. The third kappa shape index (κ3) is 3.64. The normalized spacial score (nSPS) is 10.7. The molecule has 148 valence electrons. The summed E-state index contributed by atoms with van der Waals surface area (Å²) in [5, 5.41) is 21.2. The van der Waals surface area contributed by atoms with Crippen molar-refractivity contribution in [2.75, 3.05) is 0 Å².